The van der Waals surface area contributed by atoms with Gasteiger partial charge in [-0.15, -0.1) is 22.7 Å². The Bertz CT molecular complexity index is 397. The summed E-state index contributed by atoms with van der Waals surface area (Å²) in [5.74, 6) is 0. The van der Waals surface area contributed by atoms with Crippen LogP contribution in [0.3, 0.4) is 0 Å². The van der Waals surface area contributed by atoms with Gasteiger partial charge in [-0.1, -0.05) is 0 Å². The van der Waals surface area contributed by atoms with Crippen LogP contribution in [-0.2, 0) is 0 Å². The van der Waals surface area contributed by atoms with Crippen LogP contribution in [0.4, 0.5) is 0 Å². The zero-order valence-electron chi connectivity index (χ0n) is 7.40. The first-order valence-corrected chi connectivity index (χ1v) is 6.56. The van der Waals surface area contributed by atoms with E-state index in [0.717, 1.165) is 19.9 Å². The van der Waals surface area contributed by atoms with Gasteiger partial charge in [0.2, 0.25) is 0 Å². The minimum atomic E-state index is -0.545. The fourth-order valence-corrected chi connectivity index (χ4v) is 3.64. The Kier molecular flexibility index (Phi) is 3.02. The second-order valence-electron chi connectivity index (χ2n) is 2.84. The predicted octanol–water partition coefficient (Wildman–Crippen LogP) is 3.36. The van der Waals surface area contributed by atoms with Gasteiger partial charge in [0.1, 0.15) is 6.10 Å². The lowest BCUT2D eigenvalue weighted by Gasteiger charge is -2.07. The van der Waals surface area contributed by atoms with Crippen molar-refractivity contribution in [1.82, 2.24) is 4.98 Å². The molecule has 2 heterocycles. The van der Waals surface area contributed by atoms with Gasteiger partial charge in [-0.2, -0.15) is 0 Å². The molecule has 0 aliphatic rings. The Hall–Kier alpha value is -0.230. The number of aliphatic hydroxyl groups is 1. The summed E-state index contributed by atoms with van der Waals surface area (Å²) in [5.41, 5.74) is 2.66. The van der Waals surface area contributed by atoms with Crippen LogP contribution in [0.1, 0.15) is 21.6 Å². The minimum absolute atomic E-state index is 0.545. The van der Waals surface area contributed by atoms with E-state index in [2.05, 4.69) is 20.9 Å². The molecule has 1 atom stereocenters. The van der Waals surface area contributed by atoms with Gasteiger partial charge in [-0.05, 0) is 34.3 Å². The first kappa shape index (κ1) is 10.3. The molecule has 0 radical (unpaired) electrons. The van der Waals surface area contributed by atoms with Gasteiger partial charge in [-0.25, -0.2) is 4.98 Å². The van der Waals surface area contributed by atoms with Crippen molar-refractivity contribution in [2.24, 2.45) is 0 Å². The third kappa shape index (κ3) is 1.77. The largest absolute Gasteiger partial charge is 0.382 e. The monoisotopic (exact) mass is 289 g/mol. The van der Waals surface area contributed by atoms with Crippen LogP contribution in [0.5, 0.6) is 0 Å². The quantitative estimate of drug-likeness (QED) is 0.920. The Morgan fingerprint density at radius 3 is 2.71 bits per heavy atom. The Morgan fingerprint density at radius 2 is 2.21 bits per heavy atom. The maximum Gasteiger partial charge on any atom is 0.125 e. The second kappa shape index (κ2) is 4.10. The molecule has 1 N–H and O–H groups in total. The van der Waals surface area contributed by atoms with E-state index in [4.69, 9.17) is 0 Å². The third-order valence-corrected chi connectivity index (χ3v) is 4.83. The van der Waals surface area contributed by atoms with Crippen LogP contribution in [-0.4, -0.2) is 10.1 Å². The summed E-state index contributed by atoms with van der Waals surface area (Å²) >= 11 is 6.45. The molecule has 0 aliphatic carbocycles. The fourth-order valence-electron chi connectivity index (χ4n) is 1.19. The molecule has 1 unspecified atom stereocenters. The smallest absolute Gasteiger partial charge is 0.125 e. The highest BCUT2D eigenvalue weighted by Crippen LogP contribution is 2.35. The van der Waals surface area contributed by atoms with Crippen molar-refractivity contribution >= 4 is 38.6 Å². The Morgan fingerprint density at radius 1 is 1.43 bits per heavy atom. The first-order valence-electron chi connectivity index (χ1n) is 4.01. The van der Waals surface area contributed by atoms with Crippen LogP contribution >= 0.6 is 38.6 Å². The lowest BCUT2D eigenvalue weighted by Crippen LogP contribution is -1.97. The molecule has 2 nitrogen and oxygen atoms in total. The molecule has 0 bridgehead atoms. The Balaban J connectivity index is 2.38. The van der Waals surface area contributed by atoms with E-state index in [-0.39, 0.29) is 0 Å². The third-order valence-electron chi connectivity index (χ3n) is 1.92. The highest BCUT2D eigenvalue weighted by atomic mass is 79.9. The van der Waals surface area contributed by atoms with Crippen molar-refractivity contribution in [3.05, 3.63) is 36.9 Å². The van der Waals surface area contributed by atoms with Crippen molar-refractivity contribution in [2.75, 3.05) is 0 Å². The van der Waals surface area contributed by atoms with E-state index in [1.807, 2.05) is 18.4 Å². The van der Waals surface area contributed by atoms with Crippen LogP contribution in [0.15, 0.2) is 21.4 Å². The summed E-state index contributed by atoms with van der Waals surface area (Å²) in [5, 5.41) is 12.0. The minimum Gasteiger partial charge on any atom is -0.382 e. The van der Waals surface area contributed by atoms with Crippen LogP contribution < -0.4 is 0 Å². The number of hydrogen-bond acceptors (Lipinski definition) is 4. The van der Waals surface area contributed by atoms with Gasteiger partial charge < -0.3 is 5.11 Å². The zero-order chi connectivity index (χ0) is 10.1. The molecule has 74 valence electrons. The molecule has 0 aliphatic heterocycles. The topological polar surface area (TPSA) is 33.1 Å². The first-order chi connectivity index (χ1) is 6.70. The highest BCUT2D eigenvalue weighted by molar-refractivity contribution is 9.10. The number of aliphatic hydroxyl groups excluding tert-OH is 1. The number of rotatable bonds is 2. The van der Waals surface area contributed by atoms with Gasteiger partial charge in [0, 0.05) is 4.47 Å². The van der Waals surface area contributed by atoms with Crippen molar-refractivity contribution < 1.29 is 5.11 Å². The molecule has 2 aromatic rings. The van der Waals surface area contributed by atoms with Crippen molar-refractivity contribution in [1.29, 1.82) is 0 Å². The van der Waals surface area contributed by atoms with E-state index in [9.17, 15) is 5.11 Å². The van der Waals surface area contributed by atoms with Crippen molar-refractivity contribution in [2.45, 2.75) is 13.0 Å². The molecule has 14 heavy (non-hydrogen) atoms. The molecule has 0 saturated carbocycles. The molecule has 2 aromatic heterocycles. The van der Waals surface area contributed by atoms with E-state index in [0.29, 0.717) is 0 Å². The number of nitrogens with zero attached hydrogens (tertiary/aromatic N) is 1. The average molecular weight is 290 g/mol. The number of thiazole rings is 1. The molecular weight excluding hydrogens is 282 g/mol. The number of thiophene rings is 1. The van der Waals surface area contributed by atoms with E-state index in [1.165, 1.54) is 11.3 Å². The second-order valence-corrected chi connectivity index (χ2v) is 5.53. The summed E-state index contributed by atoms with van der Waals surface area (Å²) < 4.78 is 0.961. The van der Waals surface area contributed by atoms with Gasteiger partial charge in [0.25, 0.3) is 0 Å². The van der Waals surface area contributed by atoms with Crippen molar-refractivity contribution in [3.63, 3.8) is 0 Å². The van der Waals surface area contributed by atoms with E-state index < -0.39 is 6.10 Å². The lowest BCUT2D eigenvalue weighted by molar-refractivity contribution is 0.226. The summed E-state index contributed by atoms with van der Waals surface area (Å²) in [4.78, 5) is 5.99. The molecule has 0 aromatic carbocycles. The zero-order valence-corrected chi connectivity index (χ0v) is 10.6. The maximum absolute atomic E-state index is 10.1. The molecule has 2 rings (SSSR count). The van der Waals surface area contributed by atoms with Crippen molar-refractivity contribution in [3.8, 4) is 0 Å². The molecule has 5 heteroatoms. The summed E-state index contributed by atoms with van der Waals surface area (Å²) in [6, 6.07) is 1.94. The van der Waals surface area contributed by atoms with Crippen LogP contribution in [0.25, 0.3) is 0 Å². The molecule has 0 amide bonds. The number of hydrogen-bond donors (Lipinski definition) is 1. The highest BCUT2D eigenvalue weighted by Gasteiger charge is 2.18. The summed E-state index contributed by atoms with van der Waals surface area (Å²) in [7, 11) is 0. The van der Waals surface area contributed by atoms with Crippen LogP contribution in [0.2, 0.25) is 0 Å². The standard InChI is InChI=1S/C9H8BrNOS2/c1-5-8(14-4-11-5)7(12)9-6(10)2-3-13-9/h2-4,7,12H,1H3. The average Bonchev–Trinajstić information content (AvgIpc) is 2.73. The van der Waals surface area contributed by atoms with Gasteiger partial charge in [0.05, 0.1) is 21.0 Å². The van der Waals surface area contributed by atoms with Gasteiger partial charge in [0.15, 0.2) is 0 Å². The van der Waals surface area contributed by atoms with E-state index in [1.54, 1.807) is 16.8 Å². The lowest BCUT2D eigenvalue weighted by atomic mass is 10.2. The molecular formula is C9H8BrNOS2. The maximum atomic E-state index is 10.1. The van der Waals surface area contributed by atoms with Gasteiger partial charge >= 0.3 is 0 Å². The van der Waals surface area contributed by atoms with E-state index >= 15 is 0 Å². The molecule has 0 spiro atoms. The number of aromatic nitrogens is 1. The summed E-state index contributed by atoms with van der Waals surface area (Å²) in [6.07, 6.45) is -0.545. The SMILES string of the molecule is Cc1ncsc1C(O)c1sccc1Br. The number of halogens is 1. The van der Waals surface area contributed by atoms with Crippen LogP contribution in [0, 0.1) is 6.92 Å². The molecule has 0 fully saturated rings. The summed E-state index contributed by atoms with van der Waals surface area (Å²) in [6.45, 7) is 1.91. The normalized spacial score (nSPS) is 13.1. The number of aryl methyl sites for hydroxylation is 1. The van der Waals surface area contributed by atoms with Gasteiger partial charge in [-0.3, -0.25) is 0 Å². The predicted molar refractivity (Wildman–Crippen MR) is 62.9 cm³/mol. The Labute approximate surface area is 98.4 Å². The fraction of sp³-hybridized carbons (Fsp3) is 0.222. The molecule has 0 saturated heterocycles.